The minimum absolute atomic E-state index is 0.0367. The van der Waals surface area contributed by atoms with Crippen molar-refractivity contribution in [3.05, 3.63) is 57.3 Å². The van der Waals surface area contributed by atoms with Crippen LogP contribution in [0.15, 0.2) is 28.7 Å². The Balaban J connectivity index is 2.73. The normalized spacial score (nSPS) is 10.6. The summed E-state index contributed by atoms with van der Waals surface area (Å²) in [4.78, 5) is 0. The van der Waals surface area contributed by atoms with Crippen LogP contribution in [0.1, 0.15) is 0 Å². The second-order valence-electron chi connectivity index (χ2n) is 3.26. The number of halogens is 5. The van der Waals surface area contributed by atoms with Crippen molar-refractivity contribution >= 4 is 27.5 Å². The van der Waals surface area contributed by atoms with Crippen molar-refractivity contribution in [3.8, 4) is 11.1 Å². The van der Waals surface area contributed by atoms with E-state index in [1.807, 2.05) is 0 Å². The highest BCUT2D eigenvalue weighted by Gasteiger charge is 2.17. The van der Waals surface area contributed by atoms with Gasteiger partial charge in [0.25, 0.3) is 0 Å². The molecule has 0 aromatic heterocycles. The van der Waals surface area contributed by atoms with E-state index in [-0.39, 0.29) is 20.6 Å². The summed E-state index contributed by atoms with van der Waals surface area (Å²) in [5.74, 6) is -2.47. The predicted molar refractivity (Wildman–Crippen MR) is 63.3 cm³/mol. The van der Waals surface area contributed by atoms with Gasteiger partial charge >= 0.3 is 0 Å². The molecule has 2 aromatic rings. The molecular weight excluding hydrogens is 316 g/mol. The van der Waals surface area contributed by atoms with Gasteiger partial charge in [-0.3, -0.25) is 0 Å². The average molecular weight is 321 g/mol. The first-order valence-electron chi connectivity index (χ1n) is 4.51. The molecule has 0 spiro atoms. The highest BCUT2D eigenvalue weighted by Crippen LogP contribution is 2.34. The number of hydrogen-bond donors (Lipinski definition) is 0. The molecule has 2 aromatic carbocycles. The summed E-state index contributed by atoms with van der Waals surface area (Å²) in [5.41, 5.74) is -0.392. The summed E-state index contributed by atoms with van der Waals surface area (Å²) in [6.07, 6.45) is 0. The molecule has 0 amide bonds. The summed E-state index contributed by atoms with van der Waals surface area (Å²) in [7, 11) is 0. The molecule has 1 radical (unpaired) electrons. The lowest BCUT2D eigenvalue weighted by atomic mass is 10.0. The van der Waals surface area contributed by atoms with E-state index in [1.54, 1.807) is 0 Å². The molecule has 2 rings (SSSR count). The predicted octanol–water partition coefficient (Wildman–Crippen LogP) is 4.99. The fourth-order valence-corrected chi connectivity index (χ4v) is 2.06. The van der Waals surface area contributed by atoms with Crippen molar-refractivity contribution in [1.82, 2.24) is 0 Å². The lowest BCUT2D eigenvalue weighted by Gasteiger charge is -2.08. The zero-order valence-electron chi connectivity index (χ0n) is 8.20. The molecule has 0 bridgehead atoms. The van der Waals surface area contributed by atoms with Gasteiger partial charge in [0, 0.05) is 16.1 Å². The van der Waals surface area contributed by atoms with E-state index in [0.29, 0.717) is 0 Å². The van der Waals surface area contributed by atoms with E-state index in [0.717, 1.165) is 12.1 Å². The van der Waals surface area contributed by atoms with Crippen molar-refractivity contribution in [1.29, 1.82) is 0 Å². The van der Waals surface area contributed by atoms with Crippen LogP contribution in [0, 0.1) is 23.5 Å². The topological polar surface area (TPSA) is 0 Å². The highest BCUT2D eigenvalue weighted by atomic mass is 79.9. The smallest absolute Gasteiger partial charge is 0.150 e. The van der Waals surface area contributed by atoms with Crippen molar-refractivity contribution in [2.45, 2.75) is 0 Å². The molecule has 5 heteroatoms. The van der Waals surface area contributed by atoms with Crippen LogP contribution in [0.4, 0.5) is 13.2 Å². The van der Waals surface area contributed by atoms with Crippen molar-refractivity contribution in [2.75, 3.05) is 0 Å². The Morgan fingerprint density at radius 1 is 1.12 bits per heavy atom. The van der Waals surface area contributed by atoms with Gasteiger partial charge in [-0.25, -0.2) is 13.2 Å². The molecule has 17 heavy (non-hydrogen) atoms. The Kier molecular flexibility index (Phi) is 3.45. The van der Waals surface area contributed by atoms with Crippen LogP contribution in [0.2, 0.25) is 5.02 Å². The second kappa shape index (κ2) is 4.70. The van der Waals surface area contributed by atoms with Crippen molar-refractivity contribution < 1.29 is 13.2 Å². The minimum Gasteiger partial charge on any atom is -0.206 e. The summed E-state index contributed by atoms with van der Waals surface area (Å²) in [6.45, 7) is 0. The third-order valence-electron chi connectivity index (χ3n) is 2.17. The van der Waals surface area contributed by atoms with E-state index >= 15 is 0 Å². The molecule has 0 unspecified atom stereocenters. The molecule has 0 atom stereocenters. The van der Waals surface area contributed by atoms with E-state index in [2.05, 4.69) is 22.0 Å². The van der Waals surface area contributed by atoms with Gasteiger partial charge < -0.3 is 0 Å². The number of benzene rings is 2. The fourth-order valence-electron chi connectivity index (χ4n) is 1.45. The summed E-state index contributed by atoms with van der Waals surface area (Å²) >= 11 is 8.62. The molecule has 0 N–H and O–H groups in total. The first kappa shape index (κ1) is 12.5. The molecule has 0 aliphatic carbocycles. The van der Waals surface area contributed by atoms with Gasteiger partial charge in [-0.05, 0) is 12.1 Å². The fraction of sp³-hybridized carbons (Fsp3) is 0. The van der Waals surface area contributed by atoms with E-state index < -0.39 is 17.5 Å². The van der Waals surface area contributed by atoms with E-state index in [4.69, 9.17) is 11.6 Å². The van der Waals surface area contributed by atoms with E-state index in [9.17, 15) is 13.2 Å². The average Bonchev–Trinajstić information content (AvgIpc) is 2.23. The van der Waals surface area contributed by atoms with Gasteiger partial charge in [0.15, 0.2) is 0 Å². The molecule has 0 nitrogen and oxygen atoms in total. The minimum atomic E-state index is -0.842. The van der Waals surface area contributed by atoms with Gasteiger partial charge in [0.05, 0.1) is 10.6 Å². The maximum absolute atomic E-state index is 13.6. The lowest BCUT2D eigenvalue weighted by molar-refractivity contribution is 0.587. The molecule has 0 aliphatic heterocycles. The summed E-state index contributed by atoms with van der Waals surface area (Å²) in [5, 5.41) is -0.354. The Hall–Kier alpha value is -1.00. The van der Waals surface area contributed by atoms with Gasteiger partial charge in [0.2, 0.25) is 0 Å². The van der Waals surface area contributed by atoms with Crippen LogP contribution < -0.4 is 0 Å². The standard InChI is InChI=1S/C12H4BrClF3/c13-6-4-9(16)11(10(17)5-6)7-2-1-3-8(15)12(7)14/h1-2,4-5H. The zero-order valence-corrected chi connectivity index (χ0v) is 10.5. The number of hydrogen-bond acceptors (Lipinski definition) is 0. The first-order chi connectivity index (χ1) is 8.00. The molecule has 0 aliphatic rings. The summed E-state index contributed by atoms with van der Waals surface area (Å²) < 4.78 is 40.7. The van der Waals surface area contributed by atoms with Crippen LogP contribution in [0.5, 0.6) is 0 Å². The highest BCUT2D eigenvalue weighted by molar-refractivity contribution is 9.10. The quantitative estimate of drug-likeness (QED) is 0.694. The third-order valence-corrected chi connectivity index (χ3v) is 2.99. The van der Waals surface area contributed by atoms with Crippen LogP contribution in [0.3, 0.4) is 0 Å². The molecule has 87 valence electrons. The first-order valence-corrected chi connectivity index (χ1v) is 5.68. The van der Waals surface area contributed by atoms with Crippen molar-refractivity contribution in [3.63, 3.8) is 0 Å². The maximum Gasteiger partial charge on any atom is 0.150 e. The molecule has 0 heterocycles. The number of rotatable bonds is 1. The van der Waals surface area contributed by atoms with Crippen LogP contribution in [0.25, 0.3) is 11.1 Å². The van der Waals surface area contributed by atoms with E-state index in [1.165, 1.54) is 12.1 Å². The third kappa shape index (κ3) is 2.33. The van der Waals surface area contributed by atoms with Crippen LogP contribution in [-0.4, -0.2) is 0 Å². The Labute approximate surface area is 109 Å². The molecule has 0 fully saturated rings. The SMILES string of the molecule is Fc1[c]ccc(-c2c(F)cc(Br)cc2F)c1Cl. The van der Waals surface area contributed by atoms with Crippen LogP contribution >= 0.6 is 27.5 Å². The zero-order chi connectivity index (χ0) is 12.6. The monoisotopic (exact) mass is 319 g/mol. The van der Waals surface area contributed by atoms with Gasteiger partial charge in [0.1, 0.15) is 17.5 Å². The summed E-state index contributed by atoms with van der Waals surface area (Å²) in [6, 6.07) is 6.91. The van der Waals surface area contributed by atoms with Crippen LogP contribution in [-0.2, 0) is 0 Å². The Morgan fingerprint density at radius 2 is 1.71 bits per heavy atom. The van der Waals surface area contributed by atoms with Gasteiger partial charge in [-0.15, -0.1) is 0 Å². The van der Waals surface area contributed by atoms with Crippen molar-refractivity contribution in [2.24, 2.45) is 0 Å². The molecule has 0 saturated carbocycles. The largest absolute Gasteiger partial charge is 0.206 e. The molecule has 0 saturated heterocycles. The maximum atomic E-state index is 13.6. The second-order valence-corrected chi connectivity index (χ2v) is 4.56. The van der Waals surface area contributed by atoms with Gasteiger partial charge in [-0.2, -0.15) is 0 Å². The lowest BCUT2D eigenvalue weighted by Crippen LogP contribution is -1.93. The van der Waals surface area contributed by atoms with Gasteiger partial charge in [-0.1, -0.05) is 39.7 Å². The Bertz CT molecular complexity index is 561. The molecular formula is C12H4BrClF3. The Morgan fingerprint density at radius 3 is 2.29 bits per heavy atom.